The van der Waals surface area contributed by atoms with Crippen molar-refractivity contribution in [2.45, 2.75) is 71.6 Å². The molecule has 2 aromatic carbocycles. The molecule has 105 heavy (non-hydrogen) atoms. The zero-order valence-corrected chi connectivity index (χ0v) is 59.8. The molecule has 8 aromatic heterocycles. The summed E-state index contributed by atoms with van der Waals surface area (Å²) in [6.45, 7) is 4.30. The predicted molar refractivity (Wildman–Crippen MR) is 388 cm³/mol. The van der Waals surface area contributed by atoms with E-state index >= 15 is 0 Å². The maximum Gasteiger partial charge on any atom is 0.408 e. The number of nitrogens with one attached hydrogen (secondary N) is 7. The molecule has 0 radical (unpaired) electrons. The molecule has 7 amide bonds. The number of ether oxygens (including phenoxy) is 1. The normalized spacial score (nSPS) is 11.7. The van der Waals surface area contributed by atoms with Crippen LogP contribution in [0.15, 0.2) is 135 Å². The predicted octanol–water partition coefficient (Wildman–Crippen LogP) is 6.00. The van der Waals surface area contributed by atoms with E-state index < -0.39 is 47.6 Å². The number of Topliss-reactive ketones (excluding diaryl/α,β-unsaturated/α-hetero) is 4. The van der Waals surface area contributed by atoms with Gasteiger partial charge < -0.3 is 84.2 Å². The first kappa shape index (κ1) is 74.9. The van der Waals surface area contributed by atoms with Crippen LogP contribution in [0.3, 0.4) is 0 Å². The molecule has 0 bridgehead atoms. The third-order valence-corrected chi connectivity index (χ3v) is 17.5. The molecule has 10 aromatic rings. The summed E-state index contributed by atoms with van der Waals surface area (Å²) in [6.07, 6.45) is 12.2. The fourth-order valence-corrected chi connectivity index (χ4v) is 11.9. The highest BCUT2D eigenvalue weighted by atomic mass is 16.5. The highest BCUT2D eigenvalue weighted by Gasteiger charge is 2.28. The van der Waals surface area contributed by atoms with Crippen molar-refractivity contribution in [2.75, 3.05) is 34.4 Å². The second-order valence-electron chi connectivity index (χ2n) is 26.0. The molecule has 10 rings (SSSR count). The van der Waals surface area contributed by atoms with Crippen LogP contribution in [0, 0.1) is 12.8 Å². The maximum atomic E-state index is 13.7. The largest absolute Gasteiger partial charge is 0.445 e. The van der Waals surface area contributed by atoms with E-state index in [2.05, 4.69) is 52.2 Å². The first-order valence-corrected chi connectivity index (χ1v) is 33.6. The van der Waals surface area contributed by atoms with Crippen LogP contribution in [0.4, 0.5) is 27.8 Å². The summed E-state index contributed by atoms with van der Waals surface area (Å²) in [6, 6.07) is 23.8. The molecule has 0 spiro atoms. The van der Waals surface area contributed by atoms with Gasteiger partial charge in [0.25, 0.3) is 29.5 Å². The van der Waals surface area contributed by atoms with E-state index in [1.165, 1.54) is 55.2 Å². The molecule has 31 nitrogen and oxygen atoms in total. The van der Waals surface area contributed by atoms with Crippen molar-refractivity contribution in [3.05, 3.63) is 220 Å². The lowest BCUT2D eigenvalue weighted by Gasteiger charge is -2.17. The van der Waals surface area contributed by atoms with E-state index in [0.717, 1.165) is 16.7 Å². The first-order chi connectivity index (χ1) is 50.1. The molecular weight excluding hydrogens is 1350 g/mol. The van der Waals surface area contributed by atoms with Crippen molar-refractivity contribution in [1.82, 2.24) is 67.4 Å². The smallest absolute Gasteiger partial charge is 0.408 e. The van der Waals surface area contributed by atoms with Crippen LogP contribution < -0.4 is 43.0 Å². The van der Waals surface area contributed by atoms with Gasteiger partial charge in [-0.15, -0.1) is 0 Å². The number of amides is 7. The summed E-state index contributed by atoms with van der Waals surface area (Å²) in [5, 5.41) is 19.0. The highest BCUT2D eigenvalue weighted by Crippen LogP contribution is 2.23. The van der Waals surface area contributed by atoms with Crippen LogP contribution >= 0.6 is 0 Å². The number of nitrogens with zero attached hydrogens (tertiary/aromatic N) is 11. The average Bonchev–Trinajstić information content (AvgIpc) is 1.68. The molecule has 2 unspecified atom stereocenters. The van der Waals surface area contributed by atoms with Crippen LogP contribution in [0.2, 0.25) is 0 Å². The van der Waals surface area contributed by atoms with Crippen molar-refractivity contribution in [1.29, 1.82) is 0 Å². The standard InChI is InChI=1S/C74H83N19O12/c1-43-16-18-45(19-17-43)33-77-70(100)56-26-49(36-88(56)5)28-61(96)54-24-47(34-86(54)3)27-60(95)55-25-48(35-87(55)4)29-62(97)65-78-52(39-91(65)8)32-59(94)44(2)21-23-76-69(99)57-30-50(37-89(57)6)79-73(103)67-83-64(41-93(67)10)85-71(101)58-31-51(38-90(58)7)80-72(102)66-82-63(40-92(66)9)84-68(98)53(20-22-75)81-74(104)105-42-46-14-12-11-13-15-46/h11-19,24-26,30-31,34-41,44,53H,20-23,27-29,32-33,42,75H2,1-10H3,(H,76,99)(H,77,100)(H,79,103)(H,80,102)(H,81,104)(H,84,98)(H,85,101). The van der Waals surface area contributed by atoms with Crippen LogP contribution in [0.5, 0.6) is 0 Å². The molecule has 546 valence electrons. The molecule has 0 fully saturated rings. The van der Waals surface area contributed by atoms with E-state index in [9.17, 15) is 52.7 Å². The fraction of sp³-hybridized carbons (Fsp3) is 0.297. The van der Waals surface area contributed by atoms with E-state index in [1.54, 1.807) is 149 Å². The number of imidazole rings is 3. The third kappa shape index (κ3) is 18.9. The summed E-state index contributed by atoms with van der Waals surface area (Å²) in [7, 11) is 13.2. The summed E-state index contributed by atoms with van der Waals surface area (Å²) >= 11 is 0. The van der Waals surface area contributed by atoms with Crippen LogP contribution in [0.25, 0.3) is 0 Å². The summed E-state index contributed by atoms with van der Waals surface area (Å²) in [4.78, 5) is 160. The van der Waals surface area contributed by atoms with Gasteiger partial charge in [-0.2, -0.15) is 0 Å². The van der Waals surface area contributed by atoms with Gasteiger partial charge in [0.05, 0.1) is 34.9 Å². The quantitative estimate of drug-likeness (QED) is 0.0224. The van der Waals surface area contributed by atoms with Crippen molar-refractivity contribution < 1.29 is 57.5 Å². The summed E-state index contributed by atoms with van der Waals surface area (Å²) in [5.74, 6) is -4.67. The van der Waals surface area contributed by atoms with E-state index in [0.29, 0.717) is 46.0 Å². The Morgan fingerprint density at radius 3 is 1.50 bits per heavy atom. The fourth-order valence-electron chi connectivity index (χ4n) is 11.9. The minimum atomic E-state index is -1.07. The minimum Gasteiger partial charge on any atom is -0.445 e. The van der Waals surface area contributed by atoms with Gasteiger partial charge in [-0.1, -0.05) is 67.1 Å². The Hall–Kier alpha value is -12.8. The number of carbonyl (C=O) groups excluding carboxylic acids is 11. The van der Waals surface area contributed by atoms with Gasteiger partial charge in [0.1, 0.15) is 35.5 Å². The molecule has 0 aliphatic heterocycles. The number of aryl methyl sites for hydroxylation is 9. The SMILES string of the molecule is Cc1ccc(CNC(=O)c2cc(CC(=O)c3cc(CC(=O)c4cc(CC(=O)c5nc(CC(=O)C(C)CCNC(=O)c6cc(NC(=O)c7nc(NC(=O)c8cc(NC(=O)c9nc(NC(=O)C(CCN)NC(=O)OCc%10ccccc%10)cn9C)cn8C)cn7C)cn6C)cn5C)cn4C)cn3C)cn2C)cc1. The number of aromatic nitrogens is 11. The Labute approximate surface area is 603 Å². The Kier molecular flexibility index (Phi) is 23.5. The molecular formula is C74H83N19O12. The highest BCUT2D eigenvalue weighted by molar-refractivity contribution is 6.08. The monoisotopic (exact) mass is 1430 g/mol. The topological polar surface area (TPSA) is 385 Å². The van der Waals surface area contributed by atoms with Gasteiger partial charge in [-0.3, -0.25) is 47.9 Å². The van der Waals surface area contributed by atoms with E-state index in [1.807, 2.05) is 37.3 Å². The number of nitrogens with two attached hydrogens (primary N) is 1. The Morgan fingerprint density at radius 2 is 0.933 bits per heavy atom. The number of carbonyl (C=O) groups is 11. The second kappa shape index (κ2) is 32.9. The first-order valence-electron chi connectivity index (χ1n) is 33.6. The lowest BCUT2D eigenvalue weighted by molar-refractivity contribution is -0.122. The van der Waals surface area contributed by atoms with Crippen LogP contribution in [0.1, 0.15) is 143 Å². The summed E-state index contributed by atoms with van der Waals surface area (Å²) < 4.78 is 17.6. The number of alkyl carbamates (subject to hydrolysis) is 1. The molecule has 9 N–H and O–H groups in total. The van der Waals surface area contributed by atoms with Gasteiger partial charge >= 0.3 is 6.09 Å². The van der Waals surface area contributed by atoms with Gasteiger partial charge in [0, 0.05) is 144 Å². The molecule has 0 saturated carbocycles. The Bertz CT molecular complexity index is 4970. The van der Waals surface area contributed by atoms with E-state index in [-0.39, 0.29) is 139 Å². The van der Waals surface area contributed by atoms with Crippen molar-refractivity contribution in [3.8, 4) is 0 Å². The van der Waals surface area contributed by atoms with Crippen molar-refractivity contribution in [2.24, 2.45) is 68.0 Å². The Balaban J connectivity index is 0.643. The number of rotatable bonds is 32. The molecule has 0 aliphatic rings. The number of ketones is 4. The number of hydrogen-bond acceptors (Lipinski definition) is 16. The molecule has 0 saturated heterocycles. The summed E-state index contributed by atoms with van der Waals surface area (Å²) in [5.41, 5.74) is 12.9. The molecule has 31 heteroatoms. The number of hydrogen-bond donors (Lipinski definition) is 8. The minimum absolute atomic E-state index is 0.00206. The molecule has 8 heterocycles. The van der Waals surface area contributed by atoms with E-state index in [4.69, 9.17) is 10.5 Å². The zero-order chi connectivity index (χ0) is 75.5. The lowest BCUT2D eigenvalue weighted by Crippen LogP contribution is -2.45. The van der Waals surface area contributed by atoms with Crippen molar-refractivity contribution in [3.63, 3.8) is 0 Å². The number of benzene rings is 2. The maximum absolute atomic E-state index is 13.7. The van der Waals surface area contributed by atoms with Gasteiger partial charge in [0.2, 0.25) is 23.3 Å². The lowest BCUT2D eigenvalue weighted by atomic mass is 9.99. The van der Waals surface area contributed by atoms with Gasteiger partial charge in [-0.25, -0.2) is 19.7 Å². The van der Waals surface area contributed by atoms with Gasteiger partial charge in [0.15, 0.2) is 29.0 Å². The van der Waals surface area contributed by atoms with Crippen LogP contribution in [-0.4, -0.2) is 135 Å². The second-order valence-corrected chi connectivity index (χ2v) is 26.0. The van der Waals surface area contributed by atoms with Crippen LogP contribution in [-0.2, 0) is 110 Å². The third-order valence-electron chi connectivity index (χ3n) is 17.5. The van der Waals surface area contributed by atoms with Gasteiger partial charge in [-0.05, 0) is 84.5 Å². The number of anilines is 4. The van der Waals surface area contributed by atoms with Crippen molar-refractivity contribution >= 4 is 87.7 Å². The average molecular weight is 1430 g/mol. The molecule has 2 atom stereocenters. The zero-order valence-electron chi connectivity index (χ0n) is 59.8. The molecule has 0 aliphatic carbocycles. The Morgan fingerprint density at radius 1 is 0.448 bits per heavy atom.